The Balaban J connectivity index is 2.18. The molecule has 2 heterocycles. The van der Waals surface area contributed by atoms with Crippen LogP contribution in [0.2, 0.25) is 0 Å². The highest BCUT2D eigenvalue weighted by Crippen LogP contribution is 2.23. The number of carbonyl (C=O) groups is 1. The number of hydrogen-bond donors (Lipinski definition) is 2. The number of aromatic nitrogens is 3. The molecule has 0 aliphatic heterocycles. The number of imidazole rings is 1. The molecule has 6 heteroatoms. The number of H-pyrrole nitrogens is 1. The van der Waals surface area contributed by atoms with Gasteiger partial charge in [-0.15, -0.1) is 0 Å². The van der Waals surface area contributed by atoms with Gasteiger partial charge in [-0.1, -0.05) is 18.2 Å². The van der Waals surface area contributed by atoms with Crippen LogP contribution in [0.1, 0.15) is 6.42 Å². The first-order valence-corrected chi connectivity index (χ1v) is 6.52. The van der Waals surface area contributed by atoms with Gasteiger partial charge in [0.15, 0.2) is 5.82 Å². The minimum Gasteiger partial charge on any atom is -0.481 e. The molecule has 0 aliphatic rings. The van der Waals surface area contributed by atoms with Crippen molar-refractivity contribution in [2.24, 2.45) is 0 Å². The molecule has 0 unspecified atom stereocenters. The Morgan fingerprint density at radius 2 is 2.00 bits per heavy atom. The van der Waals surface area contributed by atoms with Crippen molar-refractivity contribution in [3.8, 4) is 11.5 Å². The summed E-state index contributed by atoms with van der Waals surface area (Å²) >= 11 is 0. The zero-order chi connectivity index (χ0) is 14.8. The summed E-state index contributed by atoms with van der Waals surface area (Å²) in [6.07, 6.45) is -0.00950. The summed E-state index contributed by atoms with van der Waals surface area (Å²) in [6.45, 7) is 0.294. The molecule has 3 aromatic rings. The highest BCUT2D eigenvalue weighted by Gasteiger charge is 2.13. The summed E-state index contributed by atoms with van der Waals surface area (Å²) < 4.78 is 1.81. The van der Waals surface area contributed by atoms with Crippen LogP contribution in [0, 0.1) is 0 Å². The number of para-hydroxylation sites is 2. The van der Waals surface area contributed by atoms with Crippen LogP contribution >= 0.6 is 0 Å². The van der Waals surface area contributed by atoms with E-state index in [1.165, 1.54) is 6.07 Å². The molecule has 0 atom stereocenters. The van der Waals surface area contributed by atoms with Crippen molar-refractivity contribution in [1.29, 1.82) is 0 Å². The number of fused-ring (bicyclic) bond motifs is 1. The Morgan fingerprint density at radius 3 is 2.76 bits per heavy atom. The zero-order valence-corrected chi connectivity index (χ0v) is 11.1. The van der Waals surface area contributed by atoms with Crippen LogP contribution in [0.3, 0.4) is 0 Å². The second kappa shape index (κ2) is 5.24. The number of nitrogens with one attached hydrogen (secondary N) is 1. The molecule has 0 spiro atoms. The minimum absolute atomic E-state index is 0.00950. The molecular weight excluding hydrogens is 270 g/mol. The largest absolute Gasteiger partial charge is 0.481 e. The van der Waals surface area contributed by atoms with Gasteiger partial charge in [-0.2, -0.15) is 0 Å². The number of pyridine rings is 1. The fourth-order valence-corrected chi connectivity index (χ4v) is 2.29. The third-order valence-electron chi connectivity index (χ3n) is 3.21. The minimum atomic E-state index is -0.875. The van der Waals surface area contributed by atoms with E-state index in [1.54, 1.807) is 12.1 Å². The summed E-state index contributed by atoms with van der Waals surface area (Å²) in [4.78, 5) is 29.5. The first-order valence-electron chi connectivity index (χ1n) is 6.52. The third-order valence-corrected chi connectivity index (χ3v) is 3.21. The third kappa shape index (κ3) is 2.55. The van der Waals surface area contributed by atoms with Crippen molar-refractivity contribution in [1.82, 2.24) is 14.5 Å². The molecule has 21 heavy (non-hydrogen) atoms. The molecular formula is C15H13N3O3. The van der Waals surface area contributed by atoms with Gasteiger partial charge in [-0.25, -0.2) is 4.98 Å². The Kier molecular flexibility index (Phi) is 3.27. The molecule has 0 radical (unpaired) electrons. The van der Waals surface area contributed by atoms with Crippen LogP contribution in [0.5, 0.6) is 0 Å². The average Bonchev–Trinajstić information content (AvgIpc) is 2.84. The first-order chi connectivity index (χ1) is 10.1. The normalized spacial score (nSPS) is 10.9. The molecule has 3 rings (SSSR count). The van der Waals surface area contributed by atoms with Gasteiger partial charge >= 0.3 is 5.97 Å². The maximum Gasteiger partial charge on any atom is 0.305 e. The topological polar surface area (TPSA) is 88.0 Å². The molecule has 106 valence electrons. The lowest BCUT2D eigenvalue weighted by molar-refractivity contribution is -0.137. The maximum absolute atomic E-state index is 11.5. The molecule has 0 saturated heterocycles. The molecule has 1 aromatic carbocycles. The predicted molar refractivity (Wildman–Crippen MR) is 78.0 cm³/mol. The van der Waals surface area contributed by atoms with E-state index in [1.807, 2.05) is 28.8 Å². The van der Waals surface area contributed by atoms with Crippen molar-refractivity contribution in [2.45, 2.75) is 13.0 Å². The summed E-state index contributed by atoms with van der Waals surface area (Å²) in [5.41, 5.74) is 1.97. The van der Waals surface area contributed by atoms with E-state index < -0.39 is 5.97 Å². The Labute approximate surface area is 119 Å². The van der Waals surface area contributed by atoms with Crippen LogP contribution in [-0.2, 0) is 11.3 Å². The molecule has 2 aromatic heterocycles. The quantitative estimate of drug-likeness (QED) is 0.765. The van der Waals surface area contributed by atoms with Crippen LogP contribution < -0.4 is 5.56 Å². The van der Waals surface area contributed by atoms with Gasteiger partial charge in [-0.3, -0.25) is 9.59 Å². The highest BCUT2D eigenvalue weighted by atomic mass is 16.4. The van der Waals surface area contributed by atoms with Crippen LogP contribution in [-0.4, -0.2) is 25.6 Å². The van der Waals surface area contributed by atoms with E-state index in [0.717, 1.165) is 11.0 Å². The van der Waals surface area contributed by atoms with Gasteiger partial charge in [0.2, 0.25) is 5.56 Å². The predicted octanol–water partition coefficient (Wildman–Crippen LogP) is 1.87. The molecule has 0 saturated carbocycles. The number of carboxylic acids is 1. The Hall–Kier alpha value is -2.89. The van der Waals surface area contributed by atoms with E-state index in [4.69, 9.17) is 5.11 Å². The van der Waals surface area contributed by atoms with Gasteiger partial charge < -0.3 is 14.7 Å². The smallest absolute Gasteiger partial charge is 0.305 e. The number of aliphatic carboxylic acids is 1. The second-order valence-corrected chi connectivity index (χ2v) is 4.65. The lowest BCUT2D eigenvalue weighted by atomic mass is 10.3. The van der Waals surface area contributed by atoms with Gasteiger partial charge in [0.25, 0.3) is 0 Å². The van der Waals surface area contributed by atoms with E-state index in [-0.39, 0.29) is 12.0 Å². The summed E-state index contributed by atoms with van der Waals surface area (Å²) in [5, 5.41) is 8.90. The molecule has 6 nitrogen and oxygen atoms in total. The number of rotatable bonds is 4. The summed E-state index contributed by atoms with van der Waals surface area (Å²) in [7, 11) is 0. The average molecular weight is 283 g/mol. The molecule has 0 fully saturated rings. The van der Waals surface area contributed by atoms with Gasteiger partial charge in [0, 0.05) is 12.6 Å². The van der Waals surface area contributed by atoms with Crippen LogP contribution in [0.15, 0.2) is 47.3 Å². The maximum atomic E-state index is 11.5. The van der Waals surface area contributed by atoms with Crippen molar-refractivity contribution >= 4 is 17.0 Å². The van der Waals surface area contributed by atoms with Gasteiger partial charge in [0.05, 0.1) is 23.1 Å². The number of aryl methyl sites for hydroxylation is 1. The van der Waals surface area contributed by atoms with Crippen molar-refractivity contribution in [3.63, 3.8) is 0 Å². The summed E-state index contributed by atoms with van der Waals surface area (Å²) in [5.74, 6) is -0.310. The fourth-order valence-electron chi connectivity index (χ4n) is 2.29. The van der Waals surface area contributed by atoms with E-state index >= 15 is 0 Å². The zero-order valence-electron chi connectivity index (χ0n) is 11.1. The number of hydrogen-bond acceptors (Lipinski definition) is 3. The standard InChI is InChI=1S/C15H13N3O3/c19-13-7-3-5-11(16-13)15-17-10-4-1-2-6-12(10)18(15)9-8-14(20)21/h1-7H,8-9H2,(H,16,19)(H,20,21). The Bertz CT molecular complexity index is 864. The number of aromatic amines is 1. The van der Waals surface area contributed by atoms with Crippen molar-refractivity contribution in [3.05, 3.63) is 52.8 Å². The van der Waals surface area contributed by atoms with E-state index in [0.29, 0.717) is 18.1 Å². The molecule has 0 amide bonds. The second-order valence-electron chi connectivity index (χ2n) is 4.65. The SMILES string of the molecule is O=C(O)CCn1c(-c2cccc(=O)[nH]2)nc2ccccc21. The molecule has 0 bridgehead atoms. The highest BCUT2D eigenvalue weighted by molar-refractivity contribution is 5.80. The first kappa shape index (κ1) is 13.1. The molecule has 0 aliphatic carbocycles. The summed E-state index contributed by atoms with van der Waals surface area (Å²) in [6, 6.07) is 12.3. The molecule has 2 N–H and O–H groups in total. The monoisotopic (exact) mass is 283 g/mol. The lowest BCUT2D eigenvalue weighted by Crippen LogP contribution is -2.09. The Morgan fingerprint density at radius 1 is 1.19 bits per heavy atom. The van der Waals surface area contributed by atoms with Crippen LogP contribution in [0.4, 0.5) is 0 Å². The number of carboxylic acid groups (broad SMARTS) is 1. The van der Waals surface area contributed by atoms with Crippen LogP contribution in [0.25, 0.3) is 22.6 Å². The van der Waals surface area contributed by atoms with Gasteiger partial charge in [0.1, 0.15) is 0 Å². The lowest BCUT2D eigenvalue weighted by Gasteiger charge is -2.07. The van der Waals surface area contributed by atoms with Crippen molar-refractivity contribution < 1.29 is 9.90 Å². The van der Waals surface area contributed by atoms with Gasteiger partial charge in [-0.05, 0) is 18.2 Å². The van der Waals surface area contributed by atoms with E-state index in [9.17, 15) is 9.59 Å². The fraction of sp³-hybridized carbons (Fsp3) is 0.133. The van der Waals surface area contributed by atoms with E-state index in [2.05, 4.69) is 9.97 Å². The number of benzene rings is 1. The van der Waals surface area contributed by atoms with Crippen molar-refractivity contribution in [2.75, 3.05) is 0 Å². The number of nitrogens with zero attached hydrogens (tertiary/aromatic N) is 2.